The van der Waals surface area contributed by atoms with Gasteiger partial charge < -0.3 is 9.53 Å². The lowest BCUT2D eigenvalue weighted by atomic mass is 10.1. The Kier molecular flexibility index (Phi) is 4.68. The summed E-state index contributed by atoms with van der Waals surface area (Å²) >= 11 is 0. The number of phenolic OH excluding ortho intramolecular Hbond substituents is 1. The molecule has 0 aliphatic rings. The Bertz CT molecular complexity index is 639. The molecule has 0 saturated carbocycles. The zero-order valence-electron chi connectivity index (χ0n) is 12.8. The first-order chi connectivity index (χ1) is 10.0. The van der Waals surface area contributed by atoms with Crippen LogP contribution in [-0.4, -0.2) is 19.4 Å². The number of aromatic hydroxyl groups is 1. The van der Waals surface area contributed by atoms with Crippen LogP contribution >= 0.6 is 0 Å². The van der Waals surface area contributed by atoms with Crippen molar-refractivity contribution in [2.24, 2.45) is 0 Å². The fourth-order valence-electron chi connectivity index (χ4n) is 2.58. The van der Waals surface area contributed by atoms with Gasteiger partial charge in [0.15, 0.2) is 0 Å². The van der Waals surface area contributed by atoms with E-state index in [-0.39, 0.29) is 11.7 Å². The minimum absolute atomic E-state index is 0.220. The summed E-state index contributed by atoms with van der Waals surface area (Å²) in [7, 11) is -1.93. The maximum atomic E-state index is 12.4. The number of fused-ring (bicyclic) bond motifs is 1. The van der Waals surface area contributed by atoms with Gasteiger partial charge in [0.1, 0.15) is 5.75 Å². The van der Waals surface area contributed by atoms with Crippen LogP contribution in [0.4, 0.5) is 0 Å². The van der Waals surface area contributed by atoms with E-state index < -0.39 is 8.32 Å². The van der Waals surface area contributed by atoms with E-state index >= 15 is 0 Å². The molecule has 0 fully saturated rings. The summed E-state index contributed by atoms with van der Waals surface area (Å²) in [6.45, 7) is 6.32. The van der Waals surface area contributed by atoms with Gasteiger partial charge in [0.25, 0.3) is 8.32 Å². The van der Waals surface area contributed by atoms with Gasteiger partial charge >= 0.3 is 5.97 Å². The highest BCUT2D eigenvalue weighted by Gasteiger charge is 2.33. The van der Waals surface area contributed by atoms with Gasteiger partial charge in [-0.2, -0.15) is 0 Å². The van der Waals surface area contributed by atoms with Crippen molar-refractivity contribution >= 4 is 25.1 Å². The monoisotopic (exact) mass is 302 g/mol. The summed E-state index contributed by atoms with van der Waals surface area (Å²) in [5.74, 6) is 0.00870. The average molecular weight is 302 g/mol. The normalized spacial score (nSPS) is 11.6. The first kappa shape index (κ1) is 15.6. The van der Waals surface area contributed by atoms with Gasteiger partial charge in [-0.25, -0.2) is 4.79 Å². The Balaban J connectivity index is 2.29. The third-order valence-electron chi connectivity index (χ3n) is 4.30. The van der Waals surface area contributed by atoms with Crippen LogP contribution in [0.5, 0.6) is 5.75 Å². The van der Waals surface area contributed by atoms with Crippen LogP contribution in [0.2, 0.25) is 18.1 Å². The van der Waals surface area contributed by atoms with Crippen molar-refractivity contribution in [1.82, 2.24) is 0 Å². The average Bonchev–Trinajstić information content (AvgIpc) is 2.52. The second-order valence-electron chi connectivity index (χ2n) is 5.38. The molecule has 21 heavy (non-hydrogen) atoms. The molecule has 0 amide bonds. The summed E-state index contributed by atoms with van der Waals surface area (Å²) in [5, 5.41) is 11.3. The van der Waals surface area contributed by atoms with E-state index in [9.17, 15) is 9.90 Å². The highest BCUT2D eigenvalue weighted by Crippen LogP contribution is 2.25. The maximum Gasteiger partial charge on any atom is 0.324 e. The molecule has 0 aliphatic heterocycles. The number of rotatable bonds is 5. The number of hydrogen-bond acceptors (Lipinski definition) is 3. The topological polar surface area (TPSA) is 46.5 Å². The molecule has 2 rings (SSSR count). The van der Waals surface area contributed by atoms with Gasteiger partial charge in [0.2, 0.25) is 0 Å². The van der Waals surface area contributed by atoms with Crippen molar-refractivity contribution in [3.63, 3.8) is 0 Å². The SMILES string of the molecule is CC[Si](CC)(CC)OC(=O)c1ccc2cc(O)ccc2c1. The molecule has 0 atom stereocenters. The highest BCUT2D eigenvalue weighted by molar-refractivity contribution is 6.75. The van der Waals surface area contributed by atoms with E-state index in [0.29, 0.717) is 5.56 Å². The van der Waals surface area contributed by atoms with Crippen molar-refractivity contribution in [1.29, 1.82) is 0 Å². The van der Waals surface area contributed by atoms with Crippen molar-refractivity contribution in [2.75, 3.05) is 0 Å². The summed E-state index contributed by atoms with van der Waals surface area (Å²) in [5.41, 5.74) is 0.584. The Hall–Kier alpha value is -1.81. The molecule has 2 aromatic carbocycles. The van der Waals surface area contributed by atoms with Crippen LogP contribution < -0.4 is 0 Å². The van der Waals surface area contributed by atoms with E-state index in [2.05, 4.69) is 20.8 Å². The number of phenols is 1. The molecular weight excluding hydrogens is 280 g/mol. The zero-order chi connectivity index (χ0) is 15.5. The predicted molar refractivity (Wildman–Crippen MR) is 88.2 cm³/mol. The lowest BCUT2D eigenvalue weighted by Crippen LogP contribution is -2.38. The van der Waals surface area contributed by atoms with Gasteiger partial charge in [-0.3, -0.25) is 0 Å². The quantitative estimate of drug-likeness (QED) is 0.814. The molecule has 3 nitrogen and oxygen atoms in total. The number of carbonyl (C=O) groups is 1. The van der Waals surface area contributed by atoms with E-state index in [1.165, 1.54) is 0 Å². The third-order valence-corrected chi connectivity index (χ3v) is 8.79. The van der Waals surface area contributed by atoms with Crippen molar-refractivity contribution in [3.8, 4) is 5.75 Å². The molecule has 112 valence electrons. The van der Waals surface area contributed by atoms with Crippen LogP contribution in [-0.2, 0) is 4.43 Å². The summed E-state index contributed by atoms with van der Waals surface area (Å²) in [4.78, 5) is 12.4. The molecule has 0 spiro atoms. The summed E-state index contributed by atoms with van der Waals surface area (Å²) in [6, 6.07) is 13.4. The van der Waals surface area contributed by atoms with Crippen LogP contribution in [0.1, 0.15) is 31.1 Å². The van der Waals surface area contributed by atoms with Gasteiger partial charge in [-0.05, 0) is 53.2 Å². The Labute approximate surface area is 126 Å². The van der Waals surface area contributed by atoms with Crippen LogP contribution in [0.3, 0.4) is 0 Å². The van der Waals surface area contributed by atoms with E-state index in [4.69, 9.17) is 4.43 Å². The van der Waals surface area contributed by atoms with Crippen LogP contribution in [0.25, 0.3) is 10.8 Å². The third kappa shape index (κ3) is 3.27. The number of hydrogen-bond donors (Lipinski definition) is 1. The smallest absolute Gasteiger partial charge is 0.324 e. The first-order valence-electron chi connectivity index (χ1n) is 7.49. The summed E-state index contributed by atoms with van der Waals surface area (Å²) < 4.78 is 5.89. The van der Waals surface area contributed by atoms with Gasteiger partial charge in [0.05, 0.1) is 5.56 Å². The number of carbonyl (C=O) groups excluding carboxylic acids is 1. The lowest BCUT2D eigenvalue weighted by molar-refractivity contribution is 0.0717. The highest BCUT2D eigenvalue weighted by atomic mass is 28.4. The second kappa shape index (κ2) is 6.31. The van der Waals surface area contributed by atoms with Crippen molar-refractivity contribution in [2.45, 2.75) is 38.9 Å². The minimum Gasteiger partial charge on any atom is -0.516 e. The molecule has 4 heteroatoms. The second-order valence-corrected chi connectivity index (χ2v) is 10.1. The van der Waals surface area contributed by atoms with E-state index in [1.54, 1.807) is 18.2 Å². The number of benzene rings is 2. The van der Waals surface area contributed by atoms with Gasteiger partial charge in [-0.15, -0.1) is 0 Å². The van der Waals surface area contributed by atoms with Crippen LogP contribution in [0.15, 0.2) is 36.4 Å². The molecule has 1 N–H and O–H groups in total. The molecule has 0 aliphatic carbocycles. The molecule has 0 saturated heterocycles. The Morgan fingerprint density at radius 3 is 2.19 bits per heavy atom. The molecule has 0 radical (unpaired) electrons. The molecule has 0 heterocycles. The Morgan fingerprint density at radius 1 is 1.00 bits per heavy atom. The standard InChI is InChI=1S/C17H22O3Si/c1-4-21(5-2,6-3)20-17(19)15-8-7-14-12-16(18)10-9-13(14)11-15/h7-12,18H,4-6H2,1-3H3. The van der Waals surface area contributed by atoms with Crippen molar-refractivity contribution < 1.29 is 14.3 Å². The largest absolute Gasteiger partial charge is 0.516 e. The van der Waals surface area contributed by atoms with Crippen LogP contribution in [0, 0.1) is 0 Å². The van der Waals surface area contributed by atoms with Gasteiger partial charge in [0, 0.05) is 0 Å². The molecule has 2 aromatic rings. The molecule has 0 unspecified atom stereocenters. The van der Waals surface area contributed by atoms with E-state index in [0.717, 1.165) is 28.9 Å². The first-order valence-corrected chi connectivity index (χ1v) is 10.0. The Morgan fingerprint density at radius 2 is 1.57 bits per heavy atom. The van der Waals surface area contributed by atoms with E-state index in [1.807, 2.05) is 18.2 Å². The lowest BCUT2D eigenvalue weighted by Gasteiger charge is -2.27. The minimum atomic E-state index is -1.93. The fraction of sp³-hybridized carbons (Fsp3) is 0.353. The molecule has 0 aromatic heterocycles. The summed E-state index contributed by atoms with van der Waals surface area (Å²) in [6.07, 6.45) is 0. The maximum absolute atomic E-state index is 12.4. The fourth-order valence-corrected chi connectivity index (χ4v) is 5.03. The zero-order valence-corrected chi connectivity index (χ0v) is 13.8. The molecule has 0 bridgehead atoms. The molecular formula is C17H22O3Si. The van der Waals surface area contributed by atoms with Crippen molar-refractivity contribution in [3.05, 3.63) is 42.0 Å². The van der Waals surface area contributed by atoms with Gasteiger partial charge in [-0.1, -0.05) is 32.9 Å². The predicted octanol–water partition coefficient (Wildman–Crippen LogP) is 4.71.